The van der Waals surface area contributed by atoms with Crippen molar-refractivity contribution in [3.8, 4) is 0 Å². The monoisotopic (exact) mass is 482 g/mol. The van der Waals surface area contributed by atoms with Crippen LogP contribution in [0.1, 0.15) is 27.7 Å². The van der Waals surface area contributed by atoms with Crippen molar-refractivity contribution in [2.24, 2.45) is 0 Å². The van der Waals surface area contributed by atoms with Gasteiger partial charge in [-0.05, 0) is 51.3 Å². The molecule has 0 spiro atoms. The fraction of sp³-hybridized carbons (Fsp3) is 1.00. The van der Waals surface area contributed by atoms with E-state index in [4.69, 9.17) is 61.0 Å². The van der Waals surface area contributed by atoms with Gasteiger partial charge in [0.05, 0.1) is 31.5 Å². The van der Waals surface area contributed by atoms with Crippen LogP contribution in [0.4, 0.5) is 0 Å². The van der Waals surface area contributed by atoms with Crippen LogP contribution in [0.15, 0.2) is 0 Å². The molecule has 3 N–H and O–H groups in total. The molecule has 0 amide bonds. The van der Waals surface area contributed by atoms with Gasteiger partial charge in [-0.2, -0.15) is 0 Å². The van der Waals surface area contributed by atoms with Crippen LogP contribution in [0.2, 0.25) is 0 Å². The smallest absolute Gasteiger partial charge is 0.322 e. The van der Waals surface area contributed by atoms with Crippen LogP contribution in [0, 0.1) is 0 Å². The molecule has 8 nitrogen and oxygen atoms in total. The molecule has 15 heteroatoms. The summed E-state index contributed by atoms with van der Waals surface area (Å²) in [5.74, 6) is 0. The van der Waals surface area contributed by atoms with Crippen molar-refractivity contribution in [2.75, 3.05) is 31.5 Å². The molecule has 0 unspecified atom stereocenters. The average molecular weight is 482 g/mol. The van der Waals surface area contributed by atoms with Gasteiger partial charge in [0.15, 0.2) is 0 Å². The summed E-state index contributed by atoms with van der Waals surface area (Å²) in [5.41, 5.74) is -4.51. The maximum atomic E-state index is 8.88. The molecule has 0 aliphatic carbocycles. The first-order chi connectivity index (χ1) is 10.9. The Morgan fingerprint density at radius 1 is 0.750 bits per heavy atom. The Labute approximate surface area is 161 Å². The molecule has 0 fully saturated rings. The molecule has 0 saturated carbocycles. The van der Waals surface area contributed by atoms with Crippen LogP contribution in [0.25, 0.3) is 0 Å². The highest BCUT2D eigenvalue weighted by Gasteiger charge is 2.23. The number of hydrogen-bond acceptors (Lipinski definition) is 9. The Hall–Kier alpha value is 1.95. The predicted molar refractivity (Wildman–Crippen MR) is 109 cm³/mol. The van der Waals surface area contributed by atoms with Gasteiger partial charge in [-0.25, -0.2) is 4.57 Å². The van der Waals surface area contributed by atoms with Crippen LogP contribution in [0.3, 0.4) is 0 Å². The summed E-state index contributed by atoms with van der Waals surface area (Å²) in [6.45, 7) is 9.88. The van der Waals surface area contributed by atoms with Gasteiger partial charge < -0.3 is 32.8 Å². The van der Waals surface area contributed by atoms with Gasteiger partial charge in [-0.1, -0.05) is 22.8 Å². The van der Waals surface area contributed by atoms with Crippen LogP contribution < -0.4 is 0 Å². The molecule has 0 aliphatic heterocycles. The summed E-state index contributed by atoms with van der Waals surface area (Å²) in [4.78, 5) is 21.6. The van der Waals surface area contributed by atoms with E-state index in [-0.39, 0.29) is 0 Å². The standard InChI is InChI=1S/C9H22O4P2S4.H3O4P/c1-5-10-14(16,11-6-2)18-9-19-15(17,12-7-3)13-8-4;1-5(2,3)4/h5-9H2,1-4H3;(H3,1,2,3,4). The summed E-state index contributed by atoms with van der Waals surface area (Å²) >= 11 is 13.9. The van der Waals surface area contributed by atoms with Crippen LogP contribution in [-0.2, 0) is 46.3 Å². The van der Waals surface area contributed by atoms with Gasteiger partial charge in [0, 0.05) is 0 Å². The molecule has 0 atom stereocenters. The Morgan fingerprint density at radius 3 is 1.12 bits per heavy atom. The zero-order chi connectivity index (χ0) is 19.3. The van der Waals surface area contributed by atoms with Crippen molar-refractivity contribution in [1.29, 1.82) is 0 Å². The molecule has 0 aromatic heterocycles. The van der Waals surface area contributed by atoms with Crippen molar-refractivity contribution < 1.29 is 37.3 Å². The normalized spacial score (nSPS) is 12.6. The summed E-state index contributed by atoms with van der Waals surface area (Å²) < 4.78 is 31.1. The van der Waals surface area contributed by atoms with Gasteiger partial charge >= 0.3 is 7.82 Å². The lowest BCUT2D eigenvalue weighted by atomic mass is 10.9. The molecule has 0 aromatic rings. The minimum atomic E-state index is -4.64. The molecule has 0 bridgehead atoms. The highest BCUT2D eigenvalue weighted by molar-refractivity contribution is 8.76. The summed E-state index contributed by atoms with van der Waals surface area (Å²) in [7, 11) is -4.64. The van der Waals surface area contributed by atoms with Crippen molar-refractivity contribution in [2.45, 2.75) is 27.7 Å². The molecule has 0 radical (unpaired) electrons. The molecule has 0 rings (SSSR count). The van der Waals surface area contributed by atoms with Gasteiger partial charge in [0.1, 0.15) is 0 Å². The van der Waals surface area contributed by atoms with Gasteiger partial charge in [-0.3, -0.25) is 0 Å². The van der Waals surface area contributed by atoms with Crippen molar-refractivity contribution >= 4 is 65.6 Å². The van der Waals surface area contributed by atoms with E-state index in [0.29, 0.717) is 31.5 Å². The Balaban J connectivity index is 0. The van der Waals surface area contributed by atoms with E-state index in [1.54, 1.807) is 0 Å². The van der Waals surface area contributed by atoms with Gasteiger partial charge in [0.2, 0.25) is 11.4 Å². The molecule has 0 aliphatic rings. The van der Waals surface area contributed by atoms with E-state index < -0.39 is 19.2 Å². The van der Waals surface area contributed by atoms with Crippen LogP contribution in [0.5, 0.6) is 0 Å². The summed E-state index contributed by atoms with van der Waals surface area (Å²) in [6.07, 6.45) is 0. The fourth-order valence-corrected chi connectivity index (χ4v) is 13.7. The first kappa shape index (κ1) is 28.2. The third-order valence-corrected chi connectivity index (χ3v) is 13.6. The molecule has 148 valence electrons. The summed E-state index contributed by atoms with van der Waals surface area (Å²) in [5, 5.41) is 0.661. The van der Waals surface area contributed by atoms with Crippen LogP contribution >= 0.6 is 42.0 Å². The van der Waals surface area contributed by atoms with E-state index in [2.05, 4.69) is 0 Å². The van der Waals surface area contributed by atoms with E-state index in [1.807, 2.05) is 27.7 Å². The molecule has 24 heavy (non-hydrogen) atoms. The Kier molecular flexibility index (Phi) is 17.5. The number of rotatable bonds is 12. The molecular formula is C9H25O8P3S4. The quantitative estimate of drug-likeness (QED) is 0.275. The van der Waals surface area contributed by atoms with Gasteiger partial charge in [-0.15, -0.1) is 0 Å². The highest BCUT2D eigenvalue weighted by atomic mass is 32.9. The Bertz CT molecular complexity index is 402. The first-order valence-electron chi connectivity index (χ1n) is 6.80. The van der Waals surface area contributed by atoms with E-state index in [0.717, 1.165) is 0 Å². The molecule has 0 saturated heterocycles. The lowest BCUT2D eigenvalue weighted by Gasteiger charge is -2.23. The number of hydrogen-bond donors (Lipinski definition) is 3. The minimum Gasteiger partial charge on any atom is -0.322 e. The largest absolute Gasteiger partial charge is 0.466 e. The fourth-order valence-electron chi connectivity index (χ4n) is 1.01. The maximum absolute atomic E-state index is 8.88. The van der Waals surface area contributed by atoms with Crippen molar-refractivity contribution in [1.82, 2.24) is 0 Å². The second kappa shape index (κ2) is 14.9. The number of phosphoric acid groups is 1. The molecular weight excluding hydrogens is 457 g/mol. The maximum Gasteiger partial charge on any atom is 0.466 e. The molecule has 0 aromatic carbocycles. The van der Waals surface area contributed by atoms with E-state index >= 15 is 0 Å². The van der Waals surface area contributed by atoms with Gasteiger partial charge in [0.25, 0.3) is 0 Å². The topological polar surface area (TPSA) is 115 Å². The second-order valence-electron chi connectivity index (χ2n) is 3.45. The average Bonchev–Trinajstić information content (AvgIpc) is 2.37. The van der Waals surface area contributed by atoms with Crippen molar-refractivity contribution in [3.63, 3.8) is 0 Å². The molecule has 0 heterocycles. The third kappa shape index (κ3) is 18.7. The summed E-state index contributed by atoms with van der Waals surface area (Å²) in [6, 6.07) is 0. The minimum absolute atomic E-state index is 0.556. The SMILES string of the molecule is CCOP(=S)(OCC)SCSP(=S)(OCC)OCC.O=P(O)(O)O. The third-order valence-electron chi connectivity index (χ3n) is 1.57. The van der Waals surface area contributed by atoms with E-state index in [9.17, 15) is 0 Å². The highest BCUT2D eigenvalue weighted by Crippen LogP contribution is 2.67. The van der Waals surface area contributed by atoms with Crippen LogP contribution in [-0.4, -0.2) is 46.2 Å². The van der Waals surface area contributed by atoms with Crippen molar-refractivity contribution in [3.05, 3.63) is 0 Å². The lowest BCUT2D eigenvalue weighted by molar-refractivity contribution is 0.275. The zero-order valence-electron chi connectivity index (χ0n) is 13.9. The van der Waals surface area contributed by atoms with E-state index in [1.165, 1.54) is 22.8 Å². The zero-order valence-corrected chi connectivity index (χ0v) is 19.8. The second-order valence-corrected chi connectivity index (χ2v) is 17.5. The predicted octanol–water partition coefficient (Wildman–Crippen LogP) is 4.08. The first-order valence-corrected chi connectivity index (χ1v) is 16.8. The lowest BCUT2D eigenvalue weighted by Crippen LogP contribution is -1.94. The Morgan fingerprint density at radius 2 is 0.958 bits per heavy atom.